The summed E-state index contributed by atoms with van der Waals surface area (Å²) in [5, 5.41) is 17.6. The van der Waals surface area contributed by atoms with Crippen LogP contribution in [0.5, 0.6) is 0 Å². The van der Waals surface area contributed by atoms with Gasteiger partial charge in [-0.05, 0) is 0 Å². The third-order valence-corrected chi connectivity index (χ3v) is 0.538. The average molecular weight is 131 g/mol. The van der Waals surface area contributed by atoms with Crippen molar-refractivity contribution >= 4 is 6.29 Å². The molecule has 52 valence electrons. The lowest BCUT2D eigenvalue weighted by Crippen LogP contribution is -2.02. The van der Waals surface area contributed by atoms with Crippen molar-refractivity contribution < 1.29 is 19.7 Å². The first-order valence-corrected chi connectivity index (χ1v) is 2.38. The van der Waals surface area contributed by atoms with Crippen LogP contribution in [0.3, 0.4) is 0 Å². The van der Waals surface area contributed by atoms with E-state index in [2.05, 4.69) is 4.74 Å². The van der Waals surface area contributed by atoms with E-state index in [1.54, 1.807) is 0 Å². The van der Waals surface area contributed by atoms with E-state index < -0.39 is 5.95 Å². The fourth-order valence-corrected chi connectivity index (χ4v) is 0.246. The molecule has 0 aliphatic rings. The van der Waals surface area contributed by atoms with Crippen LogP contribution in [0.4, 0.5) is 0 Å². The first-order chi connectivity index (χ1) is 4.27. The minimum Gasteiger partial charge on any atom is -0.627 e. The molecule has 0 saturated carbocycles. The number of carbonyl (C=O) groups is 1. The Morgan fingerprint density at radius 1 is 1.78 bits per heavy atom. The van der Waals surface area contributed by atoms with Crippen LogP contribution in [-0.4, -0.2) is 18.0 Å². The Morgan fingerprint density at radius 3 is 2.89 bits per heavy atom. The van der Waals surface area contributed by atoms with Gasteiger partial charge in [0, 0.05) is 6.42 Å². The maximum Gasteiger partial charge on any atom is 0.123 e. The molecule has 0 bridgehead atoms. The highest BCUT2D eigenvalue weighted by Gasteiger charge is 1.79. The smallest absolute Gasteiger partial charge is 0.123 e. The van der Waals surface area contributed by atoms with Crippen molar-refractivity contribution in [3.8, 4) is 0 Å². The summed E-state index contributed by atoms with van der Waals surface area (Å²) in [5.41, 5.74) is 0. The monoisotopic (exact) mass is 131 g/mol. The summed E-state index contributed by atoms with van der Waals surface area (Å²) in [4.78, 5) is 9.61. The summed E-state index contributed by atoms with van der Waals surface area (Å²) < 4.78 is 4.38. The van der Waals surface area contributed by atoms with E-state index in [4.69, 9.17) is 5.11 Å². The zero-order chi connectivity index (χ0) is 7.11. The number of aliphatic hydroxyl groups excluding tert-OH is 1. The SMILES string of the molecule is O=CCCO/C=C(\[O-])O. The number of aliphatic hydroxyl groups is 1. The quantitative estimate of drug-likeness (QED) is 0.311. The Hall–Kier alpha value is -1.19. The van der Waals surface area contributed by atoms with Crippen molar-refractivity contribution in [1.29, 1.82) is 0 Å². The highest BCUT2D eigenvalue weighted by atomic mass is 16.5. The lowest BCUT2D eigenvalue weighted by atomic mass is 10.5. The molecule has 4 heteroatoms. The number of aldehydes is 1. The summed E-state index contributed by atoms with van der Waals surface area (Å²) in [6, 6.07) is 0. The zero-order valence-electron chi connectivity index (χ0n) is 4.74. The number of rotatable bonds is 4. The number of hydrogen-bond donors (Lipinski definition) is 1. The molecule has 0 unspecified atom stereocenters. The van der Waals surface area contributed by atoms with Crippen molar-refractivity contribution in [3.63, 3.8) is 0 Å². The summed E-state index contributed by atoms with van der Waals surface area (Å²) in [6.45, 7) is 0.135. The highest BCUT2D eigenvalue weighted by Crippen LogP contribution is 1.80. The Morgan fingerprint density at radius 2 is 2.44 bits per heavy atom. The van der Waals surface area contributed by atoms with Crippen LogP contribution in [0.1, 0.15) is 6.42 Å². The van der Waals surface area contributed by atoms with Crippen molar-refractivity contribution in [2.75, 3.05) is 6.61 Å². The second-order valence-corrected chi connectivity index (χ2v) is 1.28. The van der Waals surface area contributed by atoms with Crippen LogP contribution >= 0.6 is 0 Å². The van der Waals surface area contributed by atoms with Crippen molar-refractivity contribution in [2.45, 2.75) is 6.42 Å². The molecular formula is C5H7O4-. The second-order valence-electron chi connectivity index (χ2n) is 1.28. The molecule has 4 nitrogen and oxygen atoms in total. The van der Waals surface area contributed by atoms with Gasteiger partial charge >= 0.3 is 0 Å². The van der Waals surface area contributed by atoms with E-state index in [0.29, 0.717) is 12.5 Å². The van der Waals surface area contributed by atoms with E-state index in [1.165, 1.54) is 0 Å². The largest absolute Gasteiger partial charge is 0.627 e. The summed E-state index contributed by atoms with van der Waals surface area (Å²) >= 11 is 0. The van der Waals surface area contributed by atoms with Crippen LogP contribution in [0.2, 0.25) is 0 Å². The van der Waals surface area contributed by atoms with E-state index in [1.807, 2.05) is 0 Å². The number of ether oxygens (including phenoxy) is 1. The molecule has 0 rings (SSSR count). The Bertz CT molecular complexity index is 104. The highest BCUT2D eigenvalue weighted by molar-refractivity contribution is 5.49. The molecule has 0 aromatic heterocycles. The minimum atomic E-state index is -1.14. The molecule has 0 atom stereocenters. The van der Waals surface area contributed by atoms with Crippen molar-refractivity contribution in [3.05, 3.63) is 12.2 Å². The summed E-state index contributed by atoms with van der Waals surface area (Å²) in [7, 11) is 0. The van der Waals surface area contributed by atoms with E-state index >= 15 is 0 Å². The third-order valence-electron chi connectivity index (χ3n) is 0.538. The maximum atomic E-state index is 9.69. The molecule has 0 aromatic rings. The molecule has 0 fully saturated rings. The molecule has 0 spiro atoms. The van der Waals surface area contributed by atoms with Gasteiger partial charge in [0.2, 0.25) is 0 Å². The lowest BCUT2D eigenvalue weighted by Gasteiger charge is -1.98. The van der Waals surface area contributed by atoms with Gasteiger partial charge < -0.3 is 19.7 Å². The van der Waals surface area contributed by atoms with Gasteiger partial charge in [0.05, 0.1) is 12.6 Å². The van der Waals surface area contributed by atoms with Gasteiger partial charge in [-0.1, -0.05) is 0 Å². The van der Waals surface area contributed by atoms with Gasteiger partial charge in [-0.2, -0.15) is 0 Å². The van der Waals surface area contributed by atoms with Crippen LogP contribution in [-0.2, 0) is 9.53 Å². The predicted octanol–water partition coefficient (Wildman–Crippen LogP) is -0.691. The maximum absolute atomic E-state index is 9.69. The molecule has 0 aliphatic heterocycles. The standard InChI is InChI=1S/C5H8O4/c6-2-1-3-9-4-5(7)8/h2,4,7-8H,1,3H2/p-1. The Balaban J connectivity index is 3.09. The Labute approximate surface area is 52.4 Å². The van der Waals surface area contributed by atoms with Gasteiger partial charge in [0.15, 0.2) is 0 Å². The molecule has 1 N–H and O–H groups in total. The van der Waals surface area contributed by atoms with Crippen LogP contribution in [0, 0.1) is 0 Å². The van der Waals surface area contributed by atoms with E-state index in [9.17, 15) is 9.90 Å². The molecule has 0 aliphatic carbocycles. The predicted molar refractivity (Wildman–Crippen MR) is 27.3 cm³/mol. The number of hydrogen-bond acceptors (Lipinski definition) is 4. The molecule has 9 heavy (non-hydrogen) atoms. The topological polar surface area (TPSA) is 69.6 Å². The van der Waals surface area contributed by atoms with Gasteiger partial charge in [-0.3, -0.25) is 0 Å². The van der Waals surface area contributed by atoms with Crippen LogP contribution < -0.4 is 5.11 Å². The van der Waals surface area contributed by atoms with Crippen molar-refractivity contribution in [2.24, 2.45) is 0 Å². The lowest BCUT2D eigenvalue weighted by molar-refractivity contribution is -0.351. The second kappa shape index (κ2) is 4.96. The average Bonchev–Trinajstić information content (AvgIpc) is 1.80. The van der Waals surface area contributed by atoms with Crippen LogP contribution in [0.15, 0.2) is 12.2 Å². The zero-order valence-corrected chi connectivity index (χ0v) is 4.74. The van der Waals surface area contributed by atoms with Crippen molar-refractivity contribution in [1.82, 2.24) is 0 Å². The first kappa shape index (κ1) is 7.81. The fourth-order valence-electron chi connectivity index (χ4n) is 0.246. The third kappa shape index (κ3) is 6.81. The fraction of sp³-hybridized carbons (Fsp3) is 0.400. The molecular weight excluding hydrogens is 124 g/mol. The normalized spacial score (nSPS) is 10.9. The van der Waals surface area contributed by atoms with Gasteiger partial charge in [0.1, 0.15) is 12.5 Å². The van der Waals surface area contributed by atoms with Crippen LogP contribution in [0.25, 0.3) is 0 Å². The molecule has 0 saturated heterocycles. The first-order valence-electron chi connectivity index (χ1n) is 2.38. The molecule has 0 amide bonds. The molecule has 0 heterocycles. The minimum absolute atomic E-state index is 0.135. The molecule has 0 radical (unpaired) electrons. The summed E-state index contributed by atoms with van der Waals surface area (Å²) in [5.74, 6) is -1.14. The molecule has 0 aromatic carbocycles. The van der Waals surface area contributed by atoms with Gasteiger partial charge in [0.25, 0.3) is 0 Å². The van der Waals surface area contributed by atoms with E-state index in [-0.39, 0.29) is 13.0 Å². The van der Waals surface area contributed by atoms with Gasteiger partial charge in [-0.25, -0.2) is 0 Å². The van der Waals surface area contributed by atoms with Gasteiger partial charge in [-0.15, -0.1) is 0 Å². The van der Waals surface area contributed by atoms with E-state index in [0.717, 1.165) is 0 Å². The summed E-state index contributed by atoms with van der Waals surface area (Å²) in [6.07, 6.45) is 1.54. The Kier molecular flexibility index (Phi) is 4.30. The number of carbonyl (C=O) groups excluding carboxylic acids is 1.